The van der Waals surface area contributed by atoms with E-state index in [1.165, 1.54) is 0 Å². The van der Waals surface area contributed by atoms with E-state index in [0.29, 0.717) is 6.42 Å². The van der Waals surface area contributed by atoms with Gasteiger partial charge < -0.3 is 0 Å². The van der Waals surface area contributed by atoms with Crippen LogP contribution in [-0.4, -0.2) is 24.2 Å². The van der Waals surface area contributed by atoms with Crippen LogP contribution >= 0.6 is 0 Å². The van der Waals surface area contributed by atoms with Crippen LogP contribution in [0.5, 0.6) is 0 Å². The second-order valence-corrected chi connectivity index (χ2v) is 4.12. The van der Waals surface area contributed by atoms with Gasteiger partial charge in [0.2, 0.25) is 11.8 Å². The molecule has 0 fully saturated rings. The van der Waals surface area contributed by atoms with Gasteiger partial charge in [0.05, 0.1) is 0 Å². The molecular formula is C13H24N4O2. The predicted molar refractivity (Wildman–Crippen MR) is 76.9 cm³/mol. The average Bonchev–Trinajstić information content (AvgIpc) is 2.40. The number of nitrogens with one attached hydrogen (secondary N) is 2. The Labute approximate surface area is 114 Å². The summed E-state index contributed by atoms with van der Waals surface area (Å²) in [5.41, 5.74) is 4.84. The van der Waals surface area contributed by atoms with Crippen molar-refractivity contribution in [1.82, 2.24) is 10.9 Å². The normalized spacial score (nSPS) is 11.1. The lowest BCUT2D eigenvalue weighted by atomic mass is 10.2. The first kappa shape index (κ1) is 17.3. The molecule has 108 valence electrons. The van der Waals surface area contributed by atoms with Crippen molar-refractivity contribution in [3.63, 3.8) is 0 Å². The molecule has 2 amide bonds. The van der Waals surface area contributed by atoms with Crippen LogP contribution in [0.15, 0.2) is 10.2 Å². The van der Waals surface area contributed by atoms with Gasteiger partial charge in [-0.25, -0.2) is 10.9 Å². The fourth-order valence-corrected chi connectivity index (χ4v) is 1.14. The van der Waals surface area contributed by atoms with Crippen molar-refractivity contribution in [3.8, 4) is 0 Å². The summed E-state index contributed by atoms with van der Waals surface area (Å²) in [6, 6.07) is 0. The van der Waals surface area contributed by atoms with E-state index < -0.39 is 0 Å². The molecule has 0 saturated heterocycles. The van der Waals surface area contributed by atoms with Gasteiger partial charge in [-0.2, -0.15) is 10.2 Å². The van der Waals surface area contributed by atoms with E-state index in [1.807, 2.05) is 13.8 Å². The van der Waals surface area contributed by atoms with Crippen LogP contribution in [0.4, 0.5) is 0 Å². The Bertz CT molecular complexity index is 284. The monoisotopic (exact) mass is 268 g/mol. The van der Waals surface area contributed by atoms with Crippen LogP contribution in [0.25, 0.3) is 0 Å². The van der Waals surface area contributed by atoms with Gasteiger partial charge in [-0.1, -0.05) is 26.7 Å². The summed E-state index contributed by atoms with van der Waals surface area (Å²) in [5.74, 6) is -0.343. The molecule has 0 aromatic rings. The van der Waals surface area contributed by atoms with Gasteiger partial charge in [0.15, 0.2) is 0 Å². The maximum atomic E-state index is 11.3. The zero-order valence-electron chi connectivity index (χ0n) is 11.8. The van der Waals surface area contributed by atoms with Gasteiger partial charge in [-0.3, -0.25) is 9.59 Å². The van der Waals surface area contributed by atoms with Crippen molar-refractivity contribution in [2.24, 2.45) is 10.2 Å². The zero-order chi connectivity index (χ0) is 14.3. The molecular weight excluding hydrogens is 244 g/mol. The molecule has 0 radical (unpaired) electrons. The summed E-state index contributed by atoms with van der Waals surface area (Å²) in [6.45, 7) is 4.07. The Morgan fingerprint density at radius 3 is 1.68 bits per heavy atom. The third-order valence-corrected chi connectivity index (χ3v) is 2.20. The molecule has 2 N–H and O–H groups in total. The van der Waals surface area contributed by atoms with Gasteiger partial charge >= 0.3 is 0 Å². The molecule has 0 saturated carbocycles. The van der Waals surface area contributed by atoms with Gasteiger partial charge in [-0.05, 0) is 19.3 Å². The minimum absolute atomic E-state index is 0.172. The minimum atomic E-state index is -0.172. The molecule has 0 aliphatic heterocycles. The van der Waals surface area contributed by atoms with Crippen LogP contribution in [0.3, 0.4) is 0 Å². The Hall–Kier alpha value is -1.72. The van der Waals surface area contributed by atoms with E-state index in [0.717, 1.165) is 25.7 Å². The summed E-state index contributed by atoms with van der Waals surface area (Å²) in [7, 11) is 0. The number of carbonyl (C=O) groups is 2. The fraction of sp³-hybridized carbons (Fsp3) is 0.692. The van der Waals surface area contributed by atoms with Crippen molar-refractivity contribution in [2.45, 2.75) is 58.8 Å². The fourth-order valence-electron chi connectivity index (χ4n) is 1.14. The smallest absolute Gasteiger partial charge is 0.240 e. The molecule has 0 unspecified atom stereocenters. The Morgan fingerprint density at radius 2 is 1.32 bits per heavy atom. The molecule has 0 aliphatic carbocycles. The molecule has 0 heterocycles. The number of hydrogen-bond acceptors (Lipinski definition) is 4. The SMILES string of the molecule is CCC/C=N\NC(=O)CCCC(=O)N/N=C\CCC. The predicted octanol–water partition coefficient (Wildman–Crippen LogP) is 1.96. The van der Waals surface area contributed by atoms with Crippen molar-refractivity contribution >= 4 is 24.2 Å². The van der Waals surface area contributed by atoms with Crippen LogP contribution in [0, 0.1) is 0 Å². The number of carbonyl (C=O) groups excluding carboxylic acids is 2. The van der Waals surface area contributed by atoms with E-state index in [-0.39, 0.29) is 24.7 Å². The number of hydrazone groups is 2. The van der Waals surface area contributed by atoms with E-state index in [9.17, 15) is 9.59 Å². The molecule has 19 heavy (non-hydrogen) atoms. The highest BCUT2D eigenvalue weighted by atomic mass is 16.2. The number of hydrogen-bond donors (Lipinski definition) is 2. The Kier molecular flexibility index (Phi) is 11.6. The Morgan fingerprint density at radius 1 is 0.895 bits per heavy atom. The van der Waals surface area contributed by atoms with Crippen molar-refractivity contribution in [3.05, 3.63) is 0 Å². The van der Waals surface area contributed by atoms with Crippen LogP contribution in [0.2, 0.25) is 0 Å². The molecule has 0 aromatic heterocycles. The van der Waals surface area contributed by atoms with Gasteiger partial charge in [-0.15, -0.1) is 0 Å². The highest BCUT2D eigenvalue weighted by Gasteiger charge is 2.03. The molecule has 0 aromatic carbocycles. The first-order chi connectivity index (χ1) is 9.20. The van der Waals surface area contributed by atoms with Gasteiger partial charge in [0.1, 0.15) is 0 Å². The standard InChI is InChI=1S/C13H24N4O2/c1-3-5-10-14-16-12(18)8-7-9-13(19)17-15-11-6-4-2/h10-11H,3-9H2,1-2H3,(H,16,18)(H,17,19)/b14-10-,15-11-. The minimum Gasteiger partial charge on any atom is -0.273 e. The maximum absolute atomic E-state index is 11.3. The lowest BCUT2D eigenvalue weighted by Gasteiger charge is -2.00. The second-order valence-electron chi connectivity index (χ2n) is 4.12. The third kappa shape index (κ3) is 12.5. The lowest BCUT2D eigenvalue weighted by molar-refractivity contribution is -0.122. The number of rotatable bonds is 10. The largest absolute Gasteiger partial charge is 0.273 e. The summed E-state index contributed by atoms with van der Waals surface area (Å²) in [4.78, 5) is 22.6. The zero-order valence-corrected chi connectivity index (χ0v) is 11.8. The molecule has 0 bridgehead atoms. The molecule has 6 nitrogen and oxygen atoms in total. The second kappa shape index (κ2) is 12.7. The van der Waals surface area contributed by atoms with Crippen molar-refractivity contribution in [1.29, 1.82) is 0 Å². The highest BCUT2D eigenvalue weighted by molar-refractivity contribution is 5.79. The number of amides is 2. The molecule has 0 aliphatic rings. The first-order valence-corrected chi connectivity index (χ1v) is 6.81. The van der Waals surface area contributed by atoms with Crippen LogP contribution in [0.1, 0.15) is 58.8 Å². The van der Waals surface area contributed by atoms with Crippen LogP contribution < -0.4 is 10.9 Å². The first-order valence-electron chi connectivity index (χ1n) is 6.81. The number of unbranched alkanes of at least 4 members (excludes halogenated alkanes) is 2. The maximum Gasteiger partial charge on any atom is 0.240 e. The molecule has 6 heteroatoms. The van der Waals surface area contributed by atoms with Gasteiger partial charge in [0, 0.05) is 25.3 Å². The van der Waals surface area contributed by atoms with E-state index in [4.69, 9.17) is 0 Å². The van der Waals surface area contributed by atoms with E-state index in [1.54, 1.807) is 12.4 Å². The summed E-state index contributed by atoms with van der Waals surface area (Å²) < 4.78 is 0. The summed E-state index contributed by atoms with van der Waals surface area (Å²) in [6.07, 6.45) is 8.10. The van der Waals surface area contributed by atoms with E-state index >= 15 is 0 Å². The lowest BCUT2D eigenvalue weighted by Crippen LogP contribution is -2.20. The van der Waals surface area contributed by atoms with Crippen LogP contribution in [-0.2, 0) is 9.59 Å². The summed E-state index contributed by atoms with van der Waals surface area (Å²) >= 11 is 0. The molecule has 0 atom stereocenters. The Balaban J connectivity index is 3.56. The van der Waals surface area contributed by atoms with Gasteiger partial charge in [0.25, 0.3) is 0 Å². The topological polar surface area (TPSA) is 82.9 Å². The number of nitrogens with zero attached hydrogens (tertiary/aromatic N) is 2. The highest BCUT2D eigenvalue weighted by Crippen LogP contribution is 1.95. The quantitative estimate of drug-likeness (QED) is 0.469. The van der Waals surface area contributed by atoms with Crippen molar-refractivity contribution in [2.75, 3.05) is 0 Å². The third-order valence-electron chi connectivity index (χ3n) is 2.20. The molecule has 0 spiro atoms. The average molecular weight is 268 g/mol. The molecule has 0 rings (SSSR count). The summed E-state index contributed by atoms with van der Waals surface area (Å²) in [5, 5.41) is 7.56. The van der Waals surface area contributed by atoms with E-state index in [2.05, 4.69) is 21.1 Å². The van der Waals surface area contributed by atoms with Crippen molar-refractivity contribution < 1.29 is 9.59 Å².